The van der Waals surface area contributed by atoms with Crippen molar-refractivity contribution in [3.05, 3.63) is 117 Å². The first-order valence-corrected chi connectivity index (χ1v) is 18.0. The molecule has 1 atom stereocenters. The van der Waals surface area contributed by atoms with Crippen molar-refractivity contribution < 1.29 is 27.5 Å². The molecule has 260 valence electrons. The second kappa shape index (κ2) is 17.1. The van der Waals surface area contributed by atoms with E-state index >= 15 is 0 Å². The lowest BCUT2D eigenvalue weighted by Gasteiger charge is -2.34. The molecule has 0 aromatic heterocycles. The molecule has 0 aliphatic carbocycles. The number of anilines is 1. The van der Waals surface area contributed by atoms with Crippen molar-refractivity contribution in [2.75, 3.05) is 31.6 Å². The molecule has 13 heteroatoms. The number of carbonyl (C=O) groups excluding carboxylic acids is 2. The van der Waals surface area contributed by atoms with Crippen LogP contribution in [0.2, 0.25) is 15.1 Å². The number of amides is 2. The highest BCUT2D eigenvalue weighted by Gasteiger charge is 2.35. The van der Waals surface area contributed by atoms with Crippen LogP contribution in [0.1, 0.15) is 25.0 Å². The summed E-state index contributed by atoms with van der Waals surface area (Å²) < 4.78 is 40.4. The predicted molar refractivity (Wildman–Crippen MR) is 194 cm³/mol. The van der Waals surface area contributed by atoms with Crippen LogP contribution in [0.4, 0.5) is 5.69 Å². The Morgan fingerprint density at radius 3 is 2.04 bits per heavy atom. The van der Waals surface area contributed by atoms with Gasteiger partial charge in [-0.3, -0.25) is 13.9 Å². The van der Waals surface area contributed by atoms with Crippen LogP contribution in [0.3, 0.4) is 0 Å². The smallest absolute Gasteiger partial charge is 0.264 e. The van der Waals surface area contributed by atoms with Crippen LogP contribution >= 0.6 is 34.8 Å². The van der Waals surface area contributed by atoms with Crippen LogP contribution in [0.5, 0.6) is 11.5 Å². The molecule has 0 spiro atoms. The molecule has 4 aromatic carbocycles. The number of sulfonamides is 1. The first kappa shape index (κ1) is 37.9. The molecule has 0 radical (unpaired) electrons. The number of halogens is 3. The van der Waals surface area contributed by atoms with Gasteiger partial charge in [0.1, 0.15) is 12.6 Å². The summed E-state index contributed by atoms with van der Waals surface area (Å²) >= 11 is 19.3. The van der Waals surface area contributed by atoms with Crippen molar-refractivity contribution >= 4 is 62.3 Å². The number of carbonyl (C=O) groups is 2. The van der Waals surface area contributed by atoms with Crippen molar-refractivity contribution in [2.24, 2.45) is 5.92 Å². The molecule has 4 rings (SSSR count). The molecule has 4 aromatic rings. The Hall–Kier alpha value is -3.96. The molecular weight excluding hydrogens is 709 g/mol. The number of rotatable bonds is 15. The monoisotopic (exact) mass is 745 g/mol. The van der Waals surface area contributed by atoms with Gasteiger partial charge < -0.3 is 19.7 Å². The molecule has 9 nitrogen and oxygen atoms in total. The van der Waals surface area contributed by atoms with E-state index in [1.54, 1.807) is 18.2 Å². The molecule has 0 heterocycles. The van der Waals surface area contributed by atoms with Crippen molar-refractivity contribution in [1.29, 1.82) is 0 Å². The molecule has 0 aliphatic rings. The summed E-state index contributed by atoms with van der Waals surface area (Å²) in [6, 6.07) is 23.3. The van der Waals surface area contributed by atoms with E-state index in [9.17, 15) is 18.0 Å². The summed E-state index contributed by atoms with van der Waals surface area (Å²) in [6.45, 7) is 3.44. The van der Waals surface area contributed by atoms with E-state index in [2.05, 4.69) is 5.32 Å². The van der Waals surface area contributed by atoms with Crippen LogP contribution in [0.15, 0.2) is 95.9 Å². The number of hydrogen-bond acceptors (Lipinski definition) is 6. The third kappa shape index (κ3) is 9.60. The first-order chi connectivity index (χ1) is 23.3. The van der Waals surface area contributed by atoms with Gasteiger partial charge in [-0.1, -0.05) is 85.0 Å². The van der Waals surface area contributed by atoms with Crippen molar-refractivity contribution in [3.63, 3.8) is 0 Å². The maximum absolute atomic E-state index is 14.7. The largest absolute Gasteiger partial charge is 0.493 e. The van der Waals surface area contributed by atoms with Gasteiger partial charge in [-0.05, 0) is 60.0 Å². The number of ether oxygens (including phenoxy) is 2. The quantitative estimate of drug-likeness (QED) is 0.137. The summed E-state index contributed by atoms with van der Waals surface area (Å²) in [6.07, 6.45) is 0.141. The minimum absolute atomic E-state index is 0.135. The van der Waals surface area contributed by atoms with Gasteiger partial charge >= 0.3 is 0 Å². The zero-order chi connectivity index (χ0) is 35.7. The Labute approximate surface area is 302 Å². The van der Waals surface area contributed by atoms with Crippen LogP contribution in [0.25, 0.3) is 0 Å². The number of benzene rings is 4. The number of nitrogens with one attached hydrogen (secondary N) is 1. The molecule has 0 saturated heterocycles. The number of hydrogen-bond donors (Lipinski definition) is 1. The van der Waals surface area contributed by atoms with Gasteiger partial charge in [-0.15, -0.1) is 0 Å². The standard InChI is InChI=1S/C36H38Cl3N3O6S/c1-24(2)21-40-36(44)32(19-25-9-6-5-7-10-25)41(22-29-30(38)11-8-12-31(29)39)35(43)23-42(27-15-13-26(37)14-16-27)49(45,46)28-17-18-33(47-3)34(20-28)48-4/h5-18,20,24,32H,19,21-23H2,1-4H3,(H,40,44)/t32-/m1/s1. The lowest BCUT2D eigenvalue weighted by molar-refractivity contribution is -0.140. The van der Waals surface area contributed by atoms with E-state index < -0.39 is 34.4 Å². The Morgan fingerprint density at radius 2 is 1.45 bits per heavy atom. The average Bonchev–Trinajstić information content (AvgIpc) is 3.09. The number of nitrogens with zero attached hydrogens (tertiary/aromatic N) is 2. The Balaban J connectivity index is 1.85. The van der Waals surface area contributed by atoms with E-state index in [1.807, 2.05) is 44.2 Å². The van der Waals surface area contributed by atoms with Crippen LogP contribution in [0, 0.1) is 5.92 Å². The van der Waals surface area contributed by atoms with E-state index in [4.69, 9.17) is 44.3 Å². The Kier molecular flexibility index (Phi) is 13.2. The maximum atomic E-state index is 14.7. The third-order valence-electron chi connectivity index (χ3n) is 7.68. The molecular formula is C36H38Cl3N3O6S. The fraction of sp³-hybridized carbons (Fsp3) is 0.278. The highest BCUT2D eigenvalue weighted by atomic mass is 35.5. The van der Waals surface area contributed by atoms with Gasteiger partial charge in [-0.2, -0.15) is 0 Å². The topological polar surface area (TPSA) is 105 Å². The summed E-state index contributed by atoms with van der Waals surface area (Å²) in [7, 11) is -1.58. The molecule has 0 unspecified atom stereocenters. The molecule has 0 fully saturated rings. The zero-order valence-electron chi connectivity index (χ0n) is 27.5. The van der Waals surface area contributed by atoms with E-state index in [-0.39, 0.29) is 35.2 Å². The Morgan fingerprint density at radius 1 is 0.816 bits per heavy atom. The fourth-order valence-corrected chi connectivity index (χ4v) is 7.14. The summed E-state index contributed by atoms with van der Waals surface area (Å²) in [5.74, 6) is -0.429. The minimum atomic E-state index is -4.41. The molecule has 0 aliphatic heterocycles. The van der Waals surface area contributed by atoms with Gasteiger partial charge in [0.05, 0.1) is 24.8 Å². The molecule has 49 heavy (non-hydrogen) atoms. The van der Waals surface area contributed by atoms with E-state index in [0.29, 0.717) is 32.9 Å². The van der Waals surface area contributed by atoms with Gasteiger partial charge in [0.25, 0.3) is 10.0 Å². The maximum Gasteiger partial charge on any atom is 0.264 e. The van der Waals surface area contributed by atoms with Gasteiger partial charge in [-0.25, -0.2) is 8.42 Å². The highest BCUT2D eigenvalue weighted by molar-refractivity contribution is 7.92. The van der Waals surface area contributed by atoms with Crippen molar-refractivity contribution in [1.82, 2.24) is 10.2 Å². The van der Waals surface area contributed by atoms with E-state index in [0.717, 1.165) is 9.87 Å². The number of methoxy groups -OCH3 is 2. The summed E-state index contributed by atoms with van der Waals surface area (Å²) in [4.78, 5) is 29.8. The van der Waals surface area contributed by atoms with Gasteiger partial charge in [0, 0.05) is 46.2 Å². The Bertz CT molecular complexity index is 1840. The second-order valence-corrected chi connectivity index (χ2v) is 14.7. The fourth-order valence-electron chi connectivity index (χ4n) is 5.07. The summed E-state index contributed by atoms with van der Waals surface area (Å²) in [5, 5.41) is 3.91. The van der Waals surface area contributed by atoms with Gasteiger partial charge in [0.2, 0.25) is 11.8 Å². The second-order valence-electron chi connectivity index (χ2n) is 11.6. The lowest BCUT2D eigenvalue weighted by atomic mass is 10.0. The third-order valence-corrected chi connectivity index (χ3v) is 10.4. The van der Waals surface area contributed by atoms with E-state index in [1.165, 1.54) is 61.6 Å². The predicted octanol–water partition coefficient (Wildman–Crippen LogP) is 7.27. The summed E-state index contributed by atoms with van der Waals surface area (Å²) in [5.41, 5.74) is 1.38. The first-order valence-electron chi connectivity index (χ1n) is 15.4. The van der Waals surface area contributed by atoms with Crippen LogP contribution in [-0.2, 0) is 32.6 Å². The molecule has 2 amide bonds. The van der Waals surface area contributed by atoms with Gasteiger partial charge in [0.15, 0.2) is 11.5 Å². The normalized spacial score (nSPS) is 11.9. The molecule has 0 bridgehead atoms. The van der Waals surface area contributed by atoms with Crippen molar-refractivity contribution in [3.8, 4) is 11.5 Å². The zero-order valence-corrected chi connectivity index (χ0v) is 30.6. The molecule has 1 N–H and O–H groups in total. The highest BCUT2D eigenvalue weighted by Crippen LogP contribution is 2.33. The lowest BCUT2D eigenvalue weighted by Crippen LogP contribution is -2.53. The van der Waals surface area contributed by atoms with Crippen LogP contribution < -0.4 is 19.1 Å². The SMILES string of the molecule is COc1ccc(S(=O)(=O)N(CC(=O)N(Cc2c(Cl)cccc2Cl)[C@H](Cc2ccccc2)C(=O)NCC(C)C)c2ccc(Cl)cc2)cc1OC. The van der Waals surface area contributed by atoms with Crippen LogP contribution in [-0.4, -0.2) is 58.5 Å². The average molecular weight is 747 g/mol. The minimum Gasteiger partial charge on any atom is -0.493 e. The molecule has 0 saturated carbocycles. The van der Waals surface area contributed by atoms with Crippen molar-refractivity contribution in [2.45, 2.75) is 37.8 Å².